The standard InChI is InChI=1S/C17H26BrN4/c1-12(2)5-8-16-20-15-7-6-13(18)11-14(15)17(21-16)22(3,4)10-9-19/h6-7,11-12H,5,8-10,19H2,1-4H3/q+1. The lowest BCUT2D eigenvalue weighted by molar-refractivity contribution is 0.399. The highest BCUT2D eigenvalue weighted by Gasteiger charge is 2.24. The first-order valence-corrected chi connectivity index (χ1v) is 8.62. The Morgan fingerprint density at radius 1 is 1.23 bits per heavy atom. The number of nitrogens with two attached hydrogens (primary N) is 1. The van der Waals surface area contributed by atoms with Gasteiger partial charge in [0.1, 0.15) is 5.82 Å². The molecule has 0 aliphatic rings. The average Bonchev–Trinajstić information content (AvgIpc) is 2.44. The van der Waals surface area contributed by atoms with E-state index in [0.29, 0.717) is 16.9 Å². The Labute approximate surface area is 141 Å². The summed E-state index contributed by atoms with van der Waals surface area (Å²) in [5, 5.41) is 1.10. The van der Waals surface area contributed by atoms with Crippen LogP contribution in [0.2, 0.25) is 0 Å². The summed E-state index contributed by atoms with van der Waals surface area (Å²) in [4.78, 5) is 9.64. The van der Waals surface area contributed by atoms with Crippen LogP contribution in [0.4, 0.5) is 5.82 Å². The minimum absolute atomic E-state index is 0.633. The smallest absolute Gasteiger partial charge is 0.238 e. The summed E-state index contributed by atoms with van der Waals surface area (Å²) in [7, 11) is 4.31. The van der Waals surface area contributed by atoms with Crippen LogP contribution in [0.15, 0.2) is 22.7 Å². The van der Waals surface area contributed by atoms with Gasteiger partial charge in [0, 0.05) is 17.4 Å². The zero-order chi connectivity index (χ0) is 16.3. The normalized spacial score (nSPS) is 12.3. The molecule has 0 unspecified atom stereocenters. The van der Waals surface area contributed by atoms with E-state index in [2.05, 4.69) is 56.0 Å². The van der Waals surface area contributed by atoms with Gasteiger partial charge in [0.25, 0.3) is 0 Å². The first-order valence-electron chi connectivity index (χ1n) is 7.83. The second kappa shape index (κ2) is 7.02. The molecule has 0 saturated carbocycles. The molecule has 0 aliphatic heterocycles. The topological polar surface area (TPSA) is 51.8 Å². The second-order valence-electron chi connectivity index (χ2n) is 6.75. The minimum Gasteiger partial charge on any atom is -0.326 e. The fraction of sp³-hybridized carbons (Fsp3) is 0.529. The van der Waals surface area contributed by atoms with Crippen LogP contribution in [0, 0.1) is 5.92 Å². The van der Waals surface area contributed by atoms with Crippen LogP contribution < -0.4 is 10.2 Å². The molecule has 0 fully saturated rings. The van der Waals surface area contributed by atoms with Gasteiger partial charge in [0.15, 0.2) is 0 Å². The Balaban J connectivity index is 2.56. The van der Waals surface area contributed by atoms with Crippen molar-refractivity contribution in [2.45, 2.75) is 26.7 Å². The molecule has 5 heteroatoms. The highest BCUT2D eigenvalue weighted by atomic mass is 79.9. The summed E-state index contributed by atoms with van der Waals surface area (Å²) in [5.74, 6) is 2.64. The number of quaternary nitrogens is 1. The predicted octanol–water partition coefficient (Wildman–Crippen LogP) is 3.51. The fourth-order valence-electron chi connectivity index (χ4n) is 2.55. The molecule has 0 amide bonds. The monoisotopic (exact) mass is 365 g/mol. The summed E-state index contributed by atoms with van der Waals surface area (Å²) in [6.07, 6.45) is 2.02. The van der Waals surface area contributed by atoms with E-state index in [0.717, 1.165) is 46.4 Å². The van der Waals surface area contributed by atoms with Crippen LogP contribution in [-0.2, 0) is 6.42 Å². The highest BCUT2D eigenvalue weighted by molar-refractivity contribution is 9.10. The molecule has 0 radical (unpaired) electrons. The van der Waals surface area contributed by atoms with Crippen molar-refractivity contribution >= 4 is 32.7 Å². The Morgan fingerprint density at radius 2 is 1.95 bits per heavy atom. The lowest BCUT2D eigenvalue weighted by Crippen LogP contribution is -2.45. The van der Waals surface area contributed by atoms with Gasteiger partial charge in [-0.2, -0.15) is 4.98 Å². The summed E-state index contributed by atoms with van der Waals surface area (Å²) in [6, 6.07) is 6.20. The van der Waals surface area contributed by atoms with Crippen molar-refractivity contribution in [2.75, 3.05) is 27.2 Å². The lowest BCUT2D eigenvalue weighted by Gasteiger charge is -2.28. The van der Waals surface area contributed by atoms with Crippen molar-refractivity contribution in [3.63, 3.8) is 0 Å². The number of hydrogen-bond acceptors (Lipinski definition) is 3. The predicted molar refractivity (Wildman–Crippen MR) is 98.0 cm³/mol. The molecule has 120 valence electrons. The number of halogens is 1. The number of likely N-dealkylation sites (N-methyl/N-ethyl adjacent to an activating group) is 1. The van der Waals surface area contributed by atoms with E-state index >= 15 is 0 Å². The molecule has 0 aliphatic carbocycles. The molecule has 0 atom stereocenters. The third-order valence-electron chi connectivity index (χ3n) is 3.89. The van der Waals surface area contributed by atoms with Crippen molar-refractivity contribution in [1.29, 1.82) is 0 Å². The highest BCUT2D eigenvalue weighted by Crippen LogP contribution is 2.29. The Hall–Kier alpha value is -1.04. The number of rotatable bonds is 6. The number of aryl methyl sites for hydroxylation is 1. The zero-order valence-corrected chi connectivity index (χ0v) is 15.5. The molecule has 1 aromatic heterocycles. The van der Waals surface area contributed by atoms with E-state index in [1.807, 2.05) is 6.07 Å². The Bertz CT molecular complexity index is 652. The molecular weight excluding hydrogens is 340 g/mol. The molecule has 2 aromatic rings. The number of benzene rings is 1. The quantitative estimate of drug-likeness (QED) is 0.796. The van der Waals surface area contributed by atoms with Gasteiger partial charge in [0.2, 0.25) is 5.82 Å². The molecule has 0 spiro atoms. The van der Waals surface area contributed by atoms with Crippen LogP contribution in [0.5, 0.6) is 0 Å². The maximum Gasteiger partial charge on any atom is 0.238 e. The maximum atomic E-state index is 5.79. The van der Waals surface area contributed by atoms with Gasteiger partial charge < -0.3 is 5.73 Å². The molecule has 22 heavy (non-hydrogen) atoms. The van der Waals surface area contributed by atoms with Crippen molar-refractivity contribution in [2.24, 2.45) is 11.7 Å². The SMILES string of the molecule is CC(C)CCc1nc([N+](C)(C)CCN)c2cc(Br)ccc2n1. The minimum atomic E-state index is 0.633. The van der Waals surface area contributed by atoms with Crippen LogP contribution >= 0.6 is 15.9 Å². The summed E-state index contributed by atoms with van der Waals surface area (Å²) in [6.45, 7) is 5.94. The molecule has 0 bridgehead atoms. The van der Waals surface area contributed by atoms with Crippen LogP contribution in [0.3, 0.4) is 0 Å². The summed E-state index contributed by atoms with van der Waals surface area (Å²) in [5.41, 5.74) is 6.80. The molecule has 1 aromatic carbocycles. The van der Waals surface area contributed by atoms with E-state index < -0.39 is 0 Å². The fourth-order valence-corrected chi connectivity index (χ4v) is 2.91. The van der Waals surface area contributed by atoms with Crippen LogP contribution in [0.25, 0.3) is 10.9 Å². The van der Waals surface area contributed by atoms with Gasteiger partial charge in [0.05, 0.1) is 31.5 Å². The van der Waals surface area contributed by atoms with Gasteiger partial charge in [-0.25, -0.2) is 4.98 Å². The van der Waals surface area contributed by atoms with Crippen molar-refractivity contribution in [1.82, 2.24) is 14.5 Å². The van der Waals surface area contributed by atoms with Gasteiger partial charge >= 0.3 is 0 Å². The number of hydrogen-bond donors (Lipinski definition) is 1. The summed E-state index contributed by atoms with van der Waals surface area (Å²) < 4.78 is 1.72. The van der Waals surface area contributed by atoms with Crippen molar-refractivity contribution < 1.29 is 0 Å². The Kier molecular flexibility index (Phi) is 5.53. The van der Waals surface area contributed by atoms with E-state index in [-0.39, 0.29) is 0 Å². The van der Waals surface area contributed by atoms with E-state index in [1.165, 1.54) is 0 Å². The zero-order valence-electron chi connectivity index (χ0n) is 13.9. The molecule has 1 heterocycles. The third-order valence-corrected chi connectivity index (χ3v) is 4.38. The van der Waals surface area contributed by atoms with E-state index in [9.17, 15) is 0 Å². The third kappa shape index (κ3) is 4.03. The first kappa shape index (κ1) is 17.3. The van der Waals surface area contributed by atoms with Gasteiger partial charge in [-0.3, -0.25) is 4.48 Å². The van der Waals surface area contributed by atoms with Crippen LogP contribution in [0.1, 0.15) is 26.1 Å². The van der Waals surface area contributed by atoms with Crippen LogP contribution in [-0.4, -0.2) is 37.2 Å². The van der Waals surface area contributed by atoms with Gasteiger partial charge in [-0.15, -0.1) is 0 Å². The van der Waals surface area contributed by atoms with Gasteiger partial charge in [-0.1, -0.05) is 29.8 Å². The Morgan fingerprint density at radius 3 is 2.59 bits per heavy atom. The summed E-state index contributed by atoms with van der Waals surface area (Å²) >= 11 is 3.55. The average molecular weight is 366 g/mol. The van der Waals surface area contributed by atoms with E-state index in [4.69, 9.17) is 15.7 Å². The van der Waals surface area contributed by atoms with Crippen molar-refractivity contribution in [3.8, 4) is 0 Å². The maximum absolute atomic E-state index is 5.79. The number of nitrogens with zero attached hydrogens (tertiary/aromatic N) is 3. The molecular formula is C17H26BrN4+. The molecule has 0 saturated heterocycles. The largest absolute Gasteiger partial charge is 0.326 e. The first-order chi connectivity index (χ1) is 10.3. The molecule has 4 nitrogen and oxygen atoms in total. The lowest BCUT2D eigenvalue weighted by atomic mass is 10.1. The molecule has 2 N–H and O–H groups in total. The van der Waals surface area contributed by atoms with E-state index in [1.54, 1.807) is 0 Å². The number of fused-ring (bicyclic) bond motifs is 1. The molecule has 2 rings (SSSR count). The van der Waals surface area contributed by atoms with Crippen molar-refractivity contribution in [3.05, 3.63) is 28.5 Å². The van der Waals surface area contributed by atoms with Gasteiger partial charge in [-0.05, 0) is 30.5 Å². The number of aromatic nitrogens is 2. The second-order valence-corrected chi connectivity index (χ2v) is 7.67.